The molecule has 3 aliphatic carbocycles. The summed E-state index contributed by atoms with van der Waals surface area (Å²) in [6.45, 7) is 14.5. The number of rotatable bonds is 3. The van der Waals surface area contributed by atoms with Crippen molar-refractivity contribution in [1.82, 2.24) is 0 Å². The number of benzene rings is 9. The maximum Gasteiger partial charge on any atom is 0.198 e. The molecule has 0 aromatic heterocycles. The van der Waals surface area contributed by atoms with Crippen LogP contribution in [0.25, 0.3) is 44.2 Å². The minimum atomic E-state index is -0.452. The first-order valence-electron chi connectivity index (χ1n) is 24.4. The Balaban J connectivity index is 1.05. The molecule has 1 N–H and O–H groups in total. The molecule has 0 amide bonds. The third kappa shape index (κ3) is 5.02. The van der Waals surface area contributed by atoms with Crippen LogP contribution >= 0.6 is 0 Å². The van der Waals surface area contributed by atoms with Crippen LogP contribution < -0.4 is 21.1 Å². The van der Waals surface area contributed by atoms with Gasteiger partial charge in [0.05, 0.1) is 16.8 Å². The van der Waals surface area contributed by atoms with Crippen molar-refractivity contribution in [3.05, 3.63) is 220 Å². The zero-order chi connectivity index (χ0) is 45.2. The Bertz CT molecular complexity index is 3600. The lowest BCUT2D eigenvalue weighted by atomic mass is 9.54. The van der Waals surface area contributed by atoms with Crippen LogP contribution in [0.2, 0.25) is 0 Å². The molecule has 322 valence electrons. The lowest BCUT2D eigenvalue weighted by molar-refractivity contribution is 0.332. The first-order valence-corrected chi connectivity index (χ1v) is 24.4. The summed E-state index contributed by atoms with van der Waals surface area (Å²) in [5.74, 6) is 0. The fourth-order valence-corrected chi connectivity index (χ4v) is 13.8. The van der Waals surface area contributed by atoms with E-state index in [0.717, 1.165) is 13.0 Å². The van der Waals surface area contributed by atoms with E-state index in [1.807, 2.05) is 0 Å². The second kappa shape index (κ2) is 13.3. The zero-order valence-corrected chi connectivity index (χ0v) is 39.3. The lowest BCUT2D eigenvalue weighted by Gasteiger charge is -2.48. The summed E-state index contributed by atoms with van der Waals surface area (Å²) in [5.41, 5.74) is 27.5. The summed E-state index contributed by atoms with van der Waals surface area (Å²) < 4.78 is 0. The molecule has 3 heteroatoms. The maximum atomic E-state index is 4.24. The predicted molar refractivity (Wildman–Crippen MR) is 284 cm³/mol. The highest BCUT2D eigenvalue weighted by molar-refractivity contribution is 6.74. The highest BCUT2D eigenvalue weighted by Gasteiger charge is 2.53. The van der Waals surface area contributed by atoms with Gasteiger partial charge in [-0.05, 0) is 126 Å². The molecule has 0 saturated heterocycles. The van der Waals surface area contributed by atoms with Crippen molar-refractivity contribution in [1.29, 1.82) is 0 Å². The minimum absolute atomic E-state index is 0.0915. The molecule has 0 saturated carbocycles. The summed E-state index contributed by atoms with van der Waals surface area (Å²) in [6.07, 6.45) is 2.37. The van der Waals surface area contributed by atoms with Gasteiger partial charge in [-0.1, -0.05) is 199 Å². The number of anilines is 5. The normalized spacial score (nSPS) is 17.3. The van der Waals surface area contributed by atoms with E-state index in [0.29, 0.717) is 0 Å². The van der Waals surface area contributed by atoms with Crippen LogP contribution in [-0.4, -0.2) is 7.28 Å². The van der Waals surface area contributed by atoms with Crippen LogP contribution in [0.1, 0.15) is 98.9 Å². The van der Waals surface area contributed by atoms with Gasteiger partial charge in [-0.3, -0.25) is 0 Å². The highest BCUT2D eigenvalue weighted by Crippen LogP contribution is 2.64. The van der Waals surface area contributed by atoms with Crippen LogP contribution in [0.5, 0.6) is 0 Å². The monoisotopic (exact) mass is 860 g/mol. The molecule has 9 aromatic rings. The second-order valence-electron chi connectivity index (χ2n) is 21.9. The first-order chi connectivity index (χ1) is 32.5. The number of para-hydroxylation sites is 2. The zero-order valence-electron chi connectivity index (χ0n) is 39.3. The third-order valence-corrected chi connectivity index (χ3v) is 17.1. The SMILES string of the molecule is CC1(C)CCC(C)(C)c2cc(Nc3c(-c4cc5ccccc5c5c4Bc4cccc6c4N5c4ccccc4C64c5ccccc5-c5ccccc54)ccc4c3-c3ccccc3C4(C)C)ccc21. The lowest BCUT2D eigenvalue weighted by Crippen LogP contribution is -2.47. The van der Waals surface area contributed by atoms with E-state index in [1.165, 1.54) is 135 Å². The quantitative estimate of drug-likeness (QED) is 0.178. The van der Waals surface area contributed by atoms with Crippen molar-refractivity contribution in [2.24, 2.45) is 0 Å². The fourth-order valence-electron chi connectivity index (χ4n) is 13.8. The van der Waals surface area contributed by atoms with Crippen LogP contribution in [0.15, 0.2) is 176 Å². The first kappa shape index (κ1) is 39.1. The van der Waals surface area contributed by atoms with E-state index in [1.54, 1.807) is 0 Å². The molecule has 2 aliphatic heterocycles. The average Bonchev–Trinajstić information content (AvgIpc) is 3.77. The summed E-state index contributed by atoms with van der Waals surface area (Å²) in [4.78, 5) is 2.67. The predicted octanol–water partition coefficient (Wildman–Crippen LogP) is 14.8. The molecule has 0 radical (unpaired) electrons. The number of nitrogens with one attached hydrogen (secondary N) is 1. The molecule has 14 rings (SSSR count). The maximum absolute atomic E-state index is 4.24. The fraction of sp³-hybridized carbons (Fsp3) is 0.188. The standard InChI is InChI=1S/C64H53BN2/c1-61(2)34-35-62(3,4)53-37-39(30-32-49(53)61)66-58-43(31-33-51-56(58)44-22-11-12-23-46(44)63(51,5)6)45-36-38-18-7-8-19-40(38)59-57(45)65-54-28-17-27-52-60(54)67(59)55-29-16-15-26-50(55)64(52)47-24-13-9-20-41(47)42-21-10-14-25-48(42)64/h7-33,36-37,65-66H,34-35H2,1-6H3. The van der Waals surface area contributed by atoms with E-state index in [4.69, 9.17) is 0 Å². The van der Waals surface area contributed by atoms with Crippen LogP contribution in [0.3, 0.4) is 0 Å². The molecule has 0 bridgehead atoms. The van der Waals surface area contributed by atoms with Gasteiger partial charge < -0.3 is 10.2 Å². The Kier molecular flexibility index (Phi) is 7.76. The Morgan fingerprint density at radius 2 is 1.06 bits per heavy atom. The largest absolute Gasteiger partial charge is 0.354 e. The van der Waals surface area contributed by atoms with Gasteiger partial charge in [0.15, 0.2) is 7.28 Å². The van der Waals surface area contributed by atoms with Crippen molar-refractivity contribution in [3.63, 3.8) is 0 Å². The molecule has 1 spiro atoms. The van der Waals surface area contributed by atoms with Gasteiger partial charge in [-0.2, -0.15) is 0 Å². The number of nitrogens with zero attached hydrogens (tertiary/aromatic N) is 1. The summed E-state index contributed by atoms with van der Waals surface area (Å²) in [6, 6.07) is 67.7. The number of hydrogen-bond acceptors (Lipinski definition) is 2. The van der Waals surface area contributed by atoms with Crippen LogP contribution in [-0.2, 0) is 21.7 Å². The van der Waals surface area contributed by atoms with Crippen molar-refractivity contribution < 1.29 is 0 Å². The number of hydrogen-bond donors (Lipinski definition) is 1. The van der Waals surface area contributed by atoms with Gasteiger partial charge in [-0.25, -0.2) is 0 Å². The highest BCUT2D eigenvalue weighted by atomic mass is 15.2. The van der Waals surface area contributed by atoms with Gasteiger partial charge in [0.25, 0.3) is 0 Å². The van der Waals surface area contributed by atoms with Gasteiger partial charge in [0.2, 0.25) is 0 Å². The van der Waals surface area contributed by atoms with Crippen molar-refractivity contribution in [2.75, 3.05) is 10.2 Å². The molecule has 0 atom stereocenters. The third-order valence-electron chi connectivity index (χ3n) is 17.1. The van der Waals surface area contributed by atoms with E-state index < -0.39 is 5.41 Å². The number of fused-ring (bicyclic) bond motifs is 17. The molecule has 0 unspecified atom stereocenters. The van der Waals surface area contributed by atoms with E-state index in [9.17, 15) is 0 Å². The summed E-state index contributed by atoms with van der Waals surface area (Å²) >= 11 is 0. The van der Waals surface area contributed by atoms with Gasteiger partial charge in [0.1, 0.15) is 0 Å². The Hall–Kier alpha value is -7.10. The topological polar surface area (TPSA) is 15.3 Å². The molecule has 2 heterocycles. The molecular weight excluding hydrogens is 808 g/mol. The van der Waals surface area contributed by atoms with Gasteiger partial charge >= 0.3 is 0 Å². The van der Waals surface area contributed by atoms with E-state index >= 15 is 0 Å². The average molecular weight is 861 g/mol. The molecule has 67 heavy (non-hydrogen) atoms. The Labute approximate surface area is 395 Å². The van der Waals surface area contributed by atoms with E-state index in [-0.39, 0.29) is 16.2 Å². The molecular formula is C64H53BN2. The smallest absolute Gasteiger partial charge is 0.198 e. The molecule has 5 aliphatic rings. The molecule has 9 aromatic carbocycles. The van der Waals surface area contributed by atoms with Crippen molar-refractivity contribution >= 4 is 57.4 Å². The van der Waals surface area contributed by atoms with Gasteiger partial charge in [0, 0.05) is 39.0 Å². The second-order valence-corrected chi connectivity index (χ2v) is 21.9. The Morgan fingerprint density at radius 3 is 1.82 bits per heavy atom. The summed E-state index contributed by atoms with van der Waals surface area (Å²) in [5, 5.41) is 6.76. The Morgan fingerprint density at radius 1 is 0.448 bits per heavy atom. The molecule has 0 fully saturated rings. The van der Waals surface area contributed by atoms with Crippen molar-refractivity contribution in [2.45, 2.75) is 76.0 Å². The van der Waals surface area contributed by atoms with Crippen LogP contribution in [0, 0.1) is 0 Å². The van der Waals surface area contributed by atoms with E-state index in [2.05, 4.69) is 228 Å². The minimum Gasteiger partial charge on any atom is -0.354 e. The van der Waals surface area contributed by atoms with Crippen LogP contribution in [0.4, 0.5) is 28.4 Å². The van der Waals surface area contributed by atoms with Crippen molar-refractivity contribution in [3.8, 4) is 33.4 Å². The summed E-state index contributed by atoms with van der Waals surface area (Å²) in [7, 11) is 0.817. The molecule has 2 nitrogen and oxygen atoms in total. The van der Waals surface area contributed by atoms with Gasteiger partial charge in [-0.15, -0.1) is 0 Å².